The molecule has 0 fully saturated rings. The molecule has 0 amide bonds. The Morgan fingerprint density at radius 2 is 1.27 bits per heavy atom. The second-order valence-corrected chi connectivity index (χ2v) is 10.2. The molecular weight excluding hydrogens is 326 g/mol. The number of aliphatic hydroxyl groups excluding tert-OH is 1. The van der Waals surface area contributed by atoms with E-state index in [1.807, 2.05) is 0 Å². The summed E-state index contributed by atoms with van der Waals surface area (Å²) in [6.45, 7) is 6.29. The predicted molar refractivity (Wildman–Crippen MR) is 90.0 cm³/mol. The van der Waals surface area contributed by atoms with Gasteiger partial charge in [0.1, 0.15) is 5.90 Å². The van der Waals surface area contributed by atoms with Gasteiger partial charge in [0.15, 0.2) is 0 Å². The third kappa shape index (κ3) is 10.1. The lowest BCUT2D eigenvalue weighted by Crippen LogP contribution is -2.06. The number of rotatable bonds is 15. The molecule has 0 heterocycles. The Labute approximate surface area is 134 Å². The lowest BCUT2D eigenvalue weighted by Gasteiger charge is -2.23. The van der Waals surface area contributed by atoms with Gasteiger partial charge in [0, 0.05) is 12.8 Å². The minimum absolute atomic E-state index is 0.147. The van der Waals surface area contributed by atoms with Crippen LogP contribution in [0.5, 0.6) is 0 Å². The van der Waals surface area contributed by atoms with Crippen molar-refractivity contribution >= 4 is 15.0 Å². The van der Waals surface area contributed by atoms with E-state index >= 15 is 0 Å². The van der Waals surface area contributed by atoms with Gasteiger partial charge in [0.2, 0.25) is 7.37 Å². The third-order valence-corrected chi connectivity index (χ3v) is 9.20. The normalized spacial score (nSPS) is 14.9. The van der Waals surface area contributed by atoms with Gasteiger partial charge in [-0.1, -0.05) is 19.3 Å². The van der Waals surface area contributed by atoms with Crippen LogP contribution in [0.3, 0.4) is 0 Å². The van der Waals surface area contributed by atoms with Crippen molar-refractivity contribution in [3.8, 4) is 0 Å². The standard InChI is InChI=1S/C14H32O6P2/c1-4-18-21(16,13-11-9-7-8-10-12-15)14-22(17,19-5-2)20-6-3/h15H,4-14H2,1-3H3. The van der Waals surface area contributed by atoms with E-state index in [1.165, 1.54) is 0 Å². The van der Waals surface area contributed by atoms with Crippen molar-refractivity contribution in [2.45, 2.75) is 52.9 Å². The van der Waals surface area contributed by atoms with Crippen molar-refractivity contribution in [1.29, 1.82) is 0 Å². The fourth-order valence-electron chi connectivity index (χ4n) is 2.18. The first-order chi connectivity index (χ1) is 10.4. The highest BCUT2D eigenvalue weighted by Gasteiger charge is 2.36. The summed E-state index contributed by atoms with van der Waals surface area (Å²) in [6, 6.07) is 0. The zero-order valence-electron chi connectivity index (χ0n) is 14.2. The van der Waals surface area contributed by atoms with Crippen LogP contribution in [0.2, 0.25) is 0 Å². The number of hydrogen-bond acceptors (Lipinski definition) is 6. The first kappa shape index (κ1) is 22.3. The quantitative estimate of drug-likeness (QED) is 0.344. The second-order valence-electron chi connectivity index (χ2n) is 5.04. The van der Waals surface area contributed by atoms with Gasteiger partial charge >= 0.3 is 7.60 Å². The predicted octanol–water partition coefficient (Wildman–Crippen LogP) is 4.47. The molecule has 0 aromatic carbocycles. The Bertz CT molecular complexity index is 351. The van der Waals surface area contributed by atoms with Crippen LogP contribution < -0.4 is 0 Å². The molecule has 1 atom stereocenters. The Kier molecular flexibility index (Phi) is 12.9. The Morgan fingerprint density at radius 1 is 0.773 bits per heavy atom. The molecule has 0 aromatic heterocycles. The molecule has 0 aliphatic rings. The van der Waals surface area contributed by atoms with Gasteiger partial charge in [-0.15, -0.1) is 0 Å². The molecule has 0 rings (SSSR count). The van der Waals surface area contributed by atoms with E-state index in [1.54, 1.807) is 20.8 Å². The maximum absolute atomic E-state index is 12.9. The lowest BCUT2D eigenvalue weighted by atomic mass is 10.2. The molecule has 0 aromatic rings. The van der Waals surface area contributed by atoms with Gasteiger partial charge in [0.25, 0.3) is 0 Å². The fraction of sp³-hybridized carbons (Fsp3) is 1.00. The van der Waals surface area contributed by atoms with Crippen molar-refractivity contribution in [2.24, 2.45) is 0 Å². The average Bonchev–Trinajstić information content (AvgIpc) is 2.43. The average molecular weight is 358 g/mol. The molecule has 0 aliphatic carbocycles. The van der Waals surface area contributed by atoms with Crippen molar-refractivity contribution in [2.75, 3.05) is 38.5 Å². The van der Waals surface area contributed by atoms with E-state index in [-0.39, 0.29) is 25.7 Å². The molecule has 0 saturated carbocycles. The molecule has 1 unspecified atom stereocenters. The van der Waals surface area contributed by atoms with Crippen LogP contribution in [0.4, 0.5) is 0 Å². The summed E-state index contributed by atoms with van der Waals surface area (Å²) in [5.41, 5.74) is 0. The van der Waals surface area contributed by atoms with Crippen LogP contribution in [0.15, 0.2) is 0 Å². The van der Waals surface area contributed by atoms with E-state index < -0.39 is 15.0 Å². The highest BCUT2D eigenvalue weighted by atomic mass is 31.2. The van der Waals surface area contributed by atoms with Gasteiger partial charge < -0.3 is 18.7 Å². The molecule has 134 valence electrons. The third-order valence-electron chi connectivity index (χ3n) is 3.06. The smallest absolute Gasteiger partial charge is 0.340 e. The molecule has 1 N–H and O–H groups in total. The maximum atomic E-state index is 12.9. The summed E-state index contributed by atoms with van der Waals surface area (Å²) in [5.74, 6) is -0.147. The molecule has 0 spiro atoms. The highest BCUT2D eigenvalue weighted by molar-refractivity contribution is 7.73. The largest absolute Gasteiger partial charge is 0.396 e. The summed E-state index contributed by atoms with van der Waals surface area (Å²) >= 11 is 0. The van der Waals surface area contributed by atoms with Crippen LogP contribution >= 0.6 is 15.0 Å². The summed E-state index contributed by atoms with van der Waals surface area (Å²) < 4.78 is 41.3. The van der Waals surface area contributed by atoms with Crippen LogP contribution in [-0.2, 0) is 22.7 Å². The first-order valence-corrected chi connectivity index (χ1v) is 11.9. The molecule has 8 heteroatoms. The van der Waals surface area contributed by atoms with E-state index in [0.29, 0.717) is 12.8 Å². The van der Waals surface area contributed by atoms with Crippen LogP contribution in [0.25, 0.3) is 0 Å². The zero-order chi connectivity index (χ0) is 16.9. The van der Waals surface area contributed by atoms with Crippen LogP contribution in [0, 0.1) is 0 Å². The molecule has 0 radical (unpaired) electrons. The summed E-state index contributed by atoms with van der Waals surface area (Å²) in [7, 11) is -6.38. The number of hydrogen-bond donors (Lipinski definition) is 1. The molecule has 22 heavy (non-hydrogen) atoms. The molecule has 0 bridgehead atoms. The van der Waals surface area contributed by atoms with Gasteiger partial charge in [-0.2, -0.15) is 0 Å². The molecule has 6 nitrogen and oxygen atoms in total. The van der Waals surface area contributed by atoms with Gasteiger partial charge in [-0.25, -0.2) is 0 Å². The Morgan fingerprint density at radius 3 is 1.77 bits per heavy atom. The second kappa shape index (κ2) is 12.7. The van der Waals surface area contributed by atoms with E-state index in [4.69, 9.17) is 18.7 Å². The maximum Gasteiger partial charge on any atom is 0.340 e. The lowest BCUT2D eigenvalue weighted by molar-refractivity contribution is 0.222. The minimum Gasteiger partial charge on any atom is -0.396 e. The Balaban J connectivity index is 4.51. The van der Waals surface area contributed by atoms with Gasteiger partial charge in [0.05, 0.1) is 19.8 Å². The monoisotopic (exact) mass is 358 g/mol. The first-order valence-electron chi connectivity index (χ1n) is 8.17. The van der Waals surface area contributed by atoms with Crippen LogP contribution in [0.1, 0.15) is 52.9 Å². The van der Waals surface area contributed by atoms with Crippen LogP contribution in [-0.4, -0.2) is 43.6 Å². The zero-order valence-corrected chi connectivity index (χ0v) is 15.9. The van der Waals surface area contributed by atoms with Crippen molar-refractivity contribution in [1.82, 2.24) is 0 Å². The number of aliphatic hydroxyl groups is 1. The summed E-state index contributed by atoms with van der Waals surface area (Å²) in [6.07, 6.45) is 4.82. The fourth-order valence-corrected chi connectivity index (χ4v) is 8.01. The summed E-state index contributed by atoms with van der Waals surface area (Å²) in [4.78, 5) is 0. The molecule has 0 saturated heterocycles. The Hall–Kier alpha value is 0.300. The van der Waals surface area contributed by atoms with E-state index in [9.17, 15) is 9.13 Å². The van der Waals surface area contributed by atoms with E-state index in [0.717, 1.165) is 32.1 Å². The van der Waals surface area contributed by atoms with Gasteiger partial charge in [-0.05, 0) is 33.6 Å². The molecule has 0 aliphatic heterocycles. The SMILES string of the molecule is CCOP(=O)(CCCCCCCO)CP(=O)(OCC)OCC. The highest BCUT2D eigenvalue weighted by Crippen LogP contribution is 2.63. The van der Waals surface area contributed by atoms with Crippen molar-refractivity contribution in [3.63, 3.8) is 0 Å². The van der Waals surface area contributed by atoms with Crippen molar-refractivity contribution < 1.29 is 27.8 Å². The van der Waals surface area contributed by atoms with Gasteiger partial charge in [-0.3, -0.25) is 9.13 Å². The van der Waals surface area contributed by atoms with Crippen molar-refractivity contribution in [3.05, 3.63) is 0 Å². The number of unbranched alkanes of at least 4 members (excludes halogenated alkanes) is 4. The minimum atomic E-state index is -3.36. The topological polar surface area (TPSA) is 82.1 Å². The summed E-state index contributed by atoms with van der Waals surface area (Å²) in [5, 5.41) is 8.73. The van der Waals surface area contributed by atoms with E-state index in [2.05, 4.69) is 0 Å². The molecular formula is C14H32O6P2.